The summed E-state index contributed by atoms with van der Waals surface area (Å²) in [6.45, 7) is 2.22. The first-order valence-electron chi connectivity index (χ1n) is 7.59. The van der Waals surface area contributed by atoms with Gasteiger partial charge < -0.3 is 5.11 Å². The van der Waals surface area contributed by atoms with Crippen molar-refractivity contribution in [1.29, 1.82) is 0 Å². The zero-order valence-electron chi connectivity index (χ0n) is 12.1. The Kier molecular flexibility index (Phi) is 5.96. The molecule has 1 N–H and O–H groups in total. The van der Waals surface area contributed by atoms with E-state index in [1.165, 1.54) is 18.4 Å². The second-order valence-corrected chi connectivity index (χ2v) is 6.98. The Morgan fingerprint density at radius 2 is 2.05 bits per heavy atom. The van der Waals surface area contributed by atoms with Crippen LogP contribution in [-0.4, -0.2) is 16.3 Å². The molecule has 0 aliphatic heterocycles. The fraction of sp³-hybridized carbons (Fsp3) is 0.588. The average molecular weight is 292 g/mol. The van der Waals surface area contributed by atoms with Gasteiger partial charge in [-0.2, -0.15) is 11.8 Å². The maximum atomic E-state index is 11.4. The molecule has 2 nitrogen and oxygen atoms in total. The number of benzene rings is 1. The van der Waals surface area contributed by atoms with Crippen molar-refractivity contribution in [2.75, 3.05) is 0 Å². The van der Waals surface area contributed by atoms with Gasteiger partial charge in [0.05, 0.1) is 5.92 Å². The minimum Gasteiger partial charge on any atom is -0.481 e. The predicted octanol–water partition coefficient (Wildman–Crippen LogP) is 4.59. The highest BCUT2D eigenvalue weighted by Gasteiger charge is 2.34. The third kappa shape index (κ3) is 4.27. The fourth-order valence-electron chi connectivity index (χ4n) is 3.13. The van der Waals surface area contributed by atoms with Gasteiger partial charge in [0.1, 0.15) is 0 Å². The second-order valence-electron chi connectivity index (χ2n) is 5.75. The van der Waals surface area contributed by atoms with E-state index in [2.05, 4.69) is 19.1 Å². The molecule has 0 spiro atoms. The molecule has 1 aliphatic rings. The Labute approximate surface area is 126 Å². The topological polar surface area (TPSA) is 37.3 Å². The van der Waals surface area contributed by atoms with Crippen molar-refractivity contribution in [3.05, 3.63) is 35.9 Å². The molecule has 0 amide bonds. The summed E-state index contributed by atoms with van der Waals surface area (Å²) in [6, 6.07) is 10.4. The molecule has 1 fully saturated rings. The van der Waals surface area contributed by atoms with Crippen molar-refractivity contribution >= 4 is 17.7 Å². The first kappa shape index (κ1) is 15.4. The van der Waals surface area contributed by atoms with Gasteiger partial charge in [-0.3, -0.25) is 4.79 Å². The van der Waals surface area contributed by atoms with Crippen LogP contribution in [0, 0.1) is 11.8 Å². The maximum Gasteiger partial charge on any atom is 0.307 e. The molecule has 0 heterocycles. The smallest absolute Gasteiger partial charge is 0.307 e. The molecule has 1 aromatic rings. The highest BCUT2D eigenvalue weighted by Crippen LogP contribution is 2.39. The highest BCUT2D eigenvalue weighted by molar-refractivity contribution is 7.99. The van der Waals surface area contributed by atoms with Crippen LogP contribution < -0.4 is 0 Å². The zero-order valence-corrected chi connectivity index (χ0v) is 12.9. The fourth-order valence-corrected chi connectivity index (χ4v) is 4.62. The summed E-state index contributed by atoms with van der Waals surface area (Å²) in [7, 11) is 0. The van der Waals surface area contributed by atoms with Gasteiger partial charge >= 0.3 is 5.97 Å². The molecule has 0 radical (unpaired) electrons. The van der Waals surface area contributed by atoms with Crippen LogP contribution in [0.15, 0.2) is 30.3 Å². The van der Waals surface area contributed by atoms with Gasteiger partial charge in [0.25, 0.3) is 0 Å². The number of carbonyl (C=O) groups is 1. The number of carboxylic acid groups (broad SMARTS) is 1. The molecule has 1 saturated carbocycles. The first-order chi connectivity index (χ1) is 9.70. The molecular formula is C17H24O2S. The molecule has 0 saturated heterocycles. The third-order valence-corrected chi connectivity index (χ3v) is 5.67. The Balaban J connectivity index is 1.94. The number of hydrogen-bond donors (Lipinski definition) is 1. The van der Waals surface area contributed by atoms with Gasteiger partial charge in [0, 0.05) is 11.0 Å². The van der Waals surface area contributed by atoms with Crippen molar-refractivity contribution in [3.8, 4) is 0 Å². The third-order valence-electron chi connectivity index (χ3n) is 4.22. The van der Waals surface area contributed by atoms with Crippen LogP contribution in [0.3, 0.4) is 0 Å². The van der Waals surface area contributed by atoms with Gasteiger partial charge in [-0.15, -0.1) is 0 Å². The molecule has 3 unspecified atom stereocenters. The monoisotopic (exact) mass is 292 g/mol. The number of aliphatic carboxylic acids is 1. The summed E-state index contributed by atoms with van der Waals surface area (Å²) < 4.78 is 0. The largest absolute Gasteiger partial charge is 0.481 e. The van der Waals surface area contributed by atoms with E-state index < -0.39 is 5.97 Å². The van der Waals surface area contributed by atoms with E-state index in [9.17, 15) is 9.90 Å². The first-order valence-corrected chi connectivity index (χ1v) is 8.64. The van der Waals surface area contributed by atoms with Crippen molar-refractivity contribution in [2.24, 2.45) is 11.8 Å². The lowest BCUT2D eigenvalue weighted by Crippen LogP contribution is -2.32. The molecule has 2 rings (SSSR count). The van der Waals surface area contributed by atoms with Crippen molar-refractivity contribution in [1.82, 2.24) is 0 Å². The van der Waals surface area contributed by atoms with Crippen molar-refractivity contribution in [2.45, 2.75) is 50.0 Å². The van der Waals surface area contributed by atoms with E-state index in [4.69, 9.17) is 0 Å². The molecule has 0 bridgehead atoms. The van der Waals surface area contributed by atoms with Crippen LogP contribution in [0.5, 0.6) is 0 Å². The van der Waals surface area contributed by atoms with E-state index in [-0.39, 0.29) is 11.2 Å². The minimum absolute atomic E-state index is 0.156. The number of carboxylic acids is 1. The Morgan fingerprint density at radius 3 is 2.70 bits per heavy atom. The molecule has 3 atom stereocenters. The lowest BCUT2D eigenvalue weighted by Gasteiger charge is -2.33. The summed E-state index contributed by atoms with van der Waals surface area (Å²) in [5.41, 5.74) is 1.29. The zero-order chi connectivity index (χ0) is 14.4. The summed E-state index contributed by atoms with van der Waals surface area (Å²) in [5, 5.41) is 9.68. The van der Waals surface area contributed by atoms with Crippen LogP contribution in [0.25, 0.3) is 0 Å². The van der Waals surface area contributed by atoms with Crippen LogP contribution in [0.2, 0.25) is 0 Å². The molecule has 110 valence electrons. The SMILES string of the molecule is CCCC1CCC(C(=O)O)C(SCc2ccccc2)C1. The Bertz CT molecular complexity index is 418. The van der Waals surface area contributed by atoms with Gasteiger partial charge in [-0.05, 0) is 30.7 Å². The predicted molar refractivity (Wildman–Crippen MR) is 84.9 cm³/mol. The van der Waals surface area contributed by atoms with E-state index in [0.717, 1.165) is 30.9 Å². The van der Waals surface area contributed by atoms with Crippen LogP contribution in [0.4, 0.5) is 0 Å². The van der Waals surface area contributed by atoms with Crippen LogP contribution in [-0.2, 0) is 10.5 Å². The second kappa shape index (κ2) is 7.72. The van der Waals surface area contributed by atoms with E-state index in [1.54, 1.807) is 0 Å². The summed E-state index contributed by atoms with van der Waals surface area (Å²) >= 11 is 1.84. The van der Waals surface area contributed by atoms with Gasteiger partial charge in [0.2, 0.25) is 0 Å². The molecule has 0 aromatic heterocycles. The Hall–Kier alpha value is -0.960. The summed E-state index contributed by atoms with van der Waals surface area (Å²) in [5.74, 6) is 0.889. The highest BCUT2D eigenvalue weighted by atomic mass is 32.2. The molecular weight excluding hydrogens is 268 g/mol. The maximum absolute atomic E-state index is 11.4. The van der Waals surface area contributed by atoms with Crippen molar-refractivity contribution in [3.63, 3.8) is 0 Å². The molecule has 20 heavy (non-hydrogen) atoms. The number of hydrogen-bond acceptors (Lipinski definition) is 2. The minimum atomic E-state index is -0.606. The lowest BCUT2D eigenvalue weighted by atomic mass is 9.80. The van der Waals surface area contributed by atoms with Crippen LogP contribution >= 0.6 is 11.8 Å². The number of rotatable bonds is 6. The standard InChI is InChI=1S/C17H24O2S/c1-2-6-13-9-10-15(17(18)19)16(11-13)20-12-14-7-4-3-5-8-14/h3-5,7-8,13,15-16H,2,6,9-12H2,1H3,(H,18,19). The number of thioether (sulfide) groups is 1. The normalized spacial score (nSPS) is 26.4. The van der Waals surface area contributed by atoms with Gasteiger partial charge in [-0.1, -0.05) is 50.1 Å². The van der Waals surface area contributed by atoms with E-state index >= 15 is 0 Å². The molecule has 1 aliphatic carbocycles. The average Bonchev–Trinajstić information content (AvgIpc) is 2.46. The quantitative estimate of drug-likeness (QED) is 0.833. The molecule has 1 aromatic carbocycles. The van der Waals surface area contributed by atoms with Crippen LogP contribution in [0.1, 0.15) is 44.6 Å². The van der Waals surface area contributed by atoms with Crippen molar-refractivity contribution < 1.29 is 9.90 Å². The van der Waals surface area contributed by atoms with E-state index in [0.29, 0.717) is 0 Å². The van der Waals surface area contributed by atoms with Gasteiger partial charge in [0.15, 0.2) is 0 Å². The summed E-state index contributed by atoms with van der Waals surface area (Å²) in [6.07, 6.45) is 5.47. The molecule has 3 heteroatoms. The van der Waals surface area contributed by atoms with E-state index in [1.807, 2.05) is 30.0 Å². The Morgan fingerprint density at radius 1 is 1.30 bits per heavy atom. The lowest BCUT2D eigenvalue weighted by molar-refractivity contribution is -0.142. The van der Waals surface area contributed by atoms with Gasteiger partial charge in [-0.25, -0.2) is 0 Å². The summed E-state index contributed by atoms with van der Waals surface area (Å²) in [4.78, 5) is 11.4.